The van der Waals surface area contributed by atoms with Gasteiger partial charge in [-0.05, 0) is 19.4 Å². The fraction of sp³-hybridized carbons (Fsp3) is 0.190. The van der Waals surface area contributed by atoms with E-state index in [1.54, 1.807) is 4.57 Å². The van der Waals surface area contributed by atoms with E-state index in [2.05, 4.69) is 41.5 Å². The number of nitrogens with one attached hydrogen (secondary N) is 1. The van der Waals surface area contributed by atoms with Gasteiger partial charge >= 0.3 is 11.7 Å². The Kier molecular flexibility index (Phi) is 3.80. The summed E-state index contributed by atoms with van der Waals surface area (Å²) < 4.78 is 1.71. The summed E-state index contributed by atoms with van der Waals surface area (Å²) in [5.41, 5.74) is 5.03. The van der Waals surface area contributed by atoms with E-state index in [1.165, 1.54) is 5.56 Å². The molecule has 0 fully saturated rings. The third-order valence-corrected chi connectivity index (χ3v) is 4.60. The summed E-state index contributed by atoms with van der Waals surface area (Å²) in [6, 6.07) is 18.0. The monoisotopic (exact) mass is 330 g/mol. The maximum absolute atomic E-state index is 12.9. The molecule has 0 saturated heterocycles. The Morgan fingerprint density at radius 1 is 1.04 bits per heavy atom. The van der Waals surface area contributed by atoms with Crippen molar-refractivity contribution in [3.05, 3.63) is 77.6 Å². The molecular weight excluding hydrogens is 310 g/mol. The minimum Gasteiger partial charge on any atom is -0.258 e. The number of rotatable bonds is 3. The Morgan fingerprint density at radius 3 is 2.48 bits per heavy atom. The first-order chi connectivity index (χ1) is 12.1. The second-order valence-corrected chi connectivity index (χ2v) is 6.52. The van der Waals surface area contributed by atoms with Gasteiger partial charge in [-0.25, -0.2) is 9.78 Å². The Labute approximate surface area is 147 Å². The average molecular weight is 330 g/mol. The van der Waals surface area contributed by atoms with Gasteiger partial charge in [-0.15, -0.1) is 0 Å². The summed E-state index contributed by atoms with van der Waals surface area (Å²) in [6.07, 6.45) is 2.50. The van der Waals surface area contributed by atoms with Crippen LogP contribution in [0.3, 0.4) is 0 Å². The van der Waals surface area contributed by atoms with Crippen LogP contribution in [0.5, 0.6) is 0 Å². The molecule has 4 rings (SSSR count). The third kappa shape index (κ3) is 2.91. The summed E-state index contributed by atoms with van der Waals surface area (Å²) in [4.78, 5) is 17.5. The molecule has 1 N–H and O–H groups in total. The van der Waals surface area contributed by atoms with E-state index in [1.807, 2.05) is 43.5 Å². The first kappa shape index (κ1) is 15.5. The van der Waals surface area contributed by atoms with Crippen LogP contribution in [-0.2, 0) is 6.42 Å². The van der Waals surface area contributed by atoms with Crippen molar-refractivity contribution in [1.29, 1.82) is 0 Å². The SMILES string of the molecule is Cc1ccc(CC2Nc3c(C)nc(-c4ccccc4)c[n+]3C2=O)cc1. The number of nitrogens with zero attached hydrogens (tertiary/aromatic N) is 2. The van der Waals surface area contributed by atoms with Crippen LogP contribution in [0.2, 0.25) is 0 Å². The summed E-state index contributed by atoms with van der Waals surface area (Å²) in [6.45, 7) is 4.00. The fourth-order valence-corrected chi connectivity index (χ4v) is 3.21. The first-order valence-electron chi connectivity index (χ1n) is 8.47. The van der Waals surface area contributed by atoms with Gasteiger partial charge in [0.1, 0.15) is 17.6 Å². The summed E-state index contributed by atoms with van der Waals surface area (Å²) >= 11 is 0. The Bertz CT molecular complexity index is 933. The largest absolute Gasteiger partial charge is 0.359 e. The second kappa shape index (κ2) is 6.13. The summed E-state index contributed by atoms with van der Waals surface area (Å²) in [5, 5.41) is 3.35. The Hall–Kier alpha value is -3.01. The number of hydrogen-bond donors (Lipinski definition) is 1. The maximum atomic E-state index is 12.9. The van der Waals surface area contributed by atoms with Crippen LogP contribution < -0.4 is 9.88 Å². The standard InChI is InChI=1S/C21H19N3O/c1-14-8-10-16(11-9-14)12-18-21(25)24-13-19(17-6-4-3-5-7-17)22-15(2)20(24)23-18/h3-11,13,18H,12H2,1-2H3/p+1. The van der Waals surface area contributed by atoms with Crippen molar-refractivity contribution >= 4 is 11.7 Å². The van der Waals surface area contributed by atoms with E-state index in [0.717, 1.165) is 28.3 Å². The van der Waals surface area contributed by atoms with Gasteiger partial charge in [-0.1, -0.05) is 60.2 Å². The highest BCUT2D eigenvalue weighted by molar-refractivity contribution is 5.82. The van der Waals surface area contributed by atoms with Crippen LogP contribution in [0.15, 0.2) is 60.8 Å². The number of aryl methyl sites for hydroxylation is 2. The molecule has 0 saturated carbocycles. The Balaban J connectivity index is 1.65. The van der Waals surface area contributed by atoms with Crippen molar-refractivity contribution in [2.45, 2.75) is 26.3 Å². The van der Waals surface area contributed by atoms with Crippen LogP contribution >= 0.6 is 0 Å². The number of carbonyl (C=O) groups is 1. The fourth-order valence-electron chi connectivity index (χ4n) is 3.21. The van der Waals surface area contributed by atoms with Gasteiger partial charge in [0.2, 0.25) is 0 Å². The second-order valence-electron chi connectivity index (χ2n) is 6.52. The molecule has 4 nitrogen and oxygen atoms in total. The van der Waals surface area contributed by atoms with Crippen LogP contribution in [0.4, 0.5) is 5.82 Å². The van der Waals surface area contributed by atoms with Crippen LogP contribution in [0.25, 0.3) is 11.3 Å². The number of benzene rings is 2. The molecular formula is C21H20N3O+. The van der Waals surface area contributed by atoms with E-state index in [0.29, 0.717) is 6.42 Å². The van der Waals surface area contributed by atoms with Gasteiger partial charge in [0.05, 0.1) is 0 Å². The van der Waals surface area contributed by atoms with E-state index in [4.69, 9.17) is 0 Å². The Morgan fingerprint density at radius 2 is 1.76 bits per heavy atom. The molecule has 4 heteroatoms. The van der Waals surface area contributed by atoms with E-state index < -0.39 is 0 Å². The van der Waals surface area contributed by atoms with Crippen molar-refractivity contribution < 1.29 is 9.36 Å². The van der Waals surface area contributed by atoms with E-state index in [9.17, 15) is 4.79 Å². The van der Waals surface area contributed by atoms with Crippen molar-refractivity contribution in [1.82, 2.24) is 4.98 Å². The molecule has 0 amide bonds. The molecule has 3 aromatic rings. The van der Waals surface area contributed by atoms with Crippen molar-refractivity contribution in [2.24, 2.45) is 0 Å². The van der Waals surface area contributed by atoms with Crippen LogP contribution in [0.1, 0.15) is 21.6 Å². The van der Waals surface area contributed by atoms with Crippen molar-refractivity contribution in [2.75, 3.05) is 5.32 Å². The lowest BCUT2D eigenvalue weighted by molar-refractivity contribution is -0.552. The number of fused-ring (bicyclic) bond motifs is 1. The zero-order valence-corrected chi connectivity index (χ0v) is 14.4. The van der Waals surface area contributed by atoms with Crippen molar-refractivity contribution in [3.63, 3.8) is 0 Å². The van der Waals surface area contributed by atoms with Crippen molar-refractivity contribution in [3.8, 4) is 11.3 Å². The summed E-state index contributed by atoms with van der Waals surface area (Å²) in [5.74, 6) is 0.861. The molecule has 2 heterocycles. The topological polar surface area (TPSA) is 45.9 Å². The average Bonchev–Trinajstić information content (AvgIpc) is 2.94. The predicted octanol–water partition coefficient (Wildman–Crippen LogP) is 3.33. The zero-order valence-electron chi connectivity index (χ0n) is 14.4. The number of aromatic nitrogens is 2. The predicted molar refractivity (Wildman–Crippen MR) is 97.5 cm³/mol. The third-order valence-electron chi connectivity index (χ3n) is 4.60. The number of carbonyl (C=O) groups excluding carboxylic acids is 1. The molecule has 1 unspecified atom stereocenters. The smallest absolute Gasteiger partial charge is 0.258 e. The summed E-state index contributed by atoms with van der Waals surface area (Å²) in [7, 11) is 0. The quantitative estimate of drug-likeness (QED) is 0.749. The normalized spacial score (nSPS) is 15.8. The highest BCUT2D eigenvalue weighted by atomic mass is 16.2. The van der Waals surface area contributed by atoms with Gasteiger partial charge in [0.15, 0.2) is 6.04 Å². The van der Waals surface area contributed by atoms with E-state index in [-0.39, 0.29) is 11.9 Å². The molecule has 0 radical (unpaired) electrons. The molecule has 0 bridgehead atoms. The van der Waals surface area contributed by atoms with Gasteiger partial charge in [-0.3, -0.25) is 5.32 Å². The molecule has 124 valence electrons. The lowest BCUT2D eigenvalue weighted by atomic mass is 10.0. The minimum absolute atomic E-state index is 0.0678. The van der Waals surface area contributed by atoms with Crippen LogP contribution in [-0.4, -0.2) is 16.9 Å². The molecule has 0 aliphatic carbocycles. The first-order valence-corrected chi connectivity index (χ1v) is 8.47. The van der Waals surface area contributed by atoms with Gasteiger partial charge in [0, 0.05) is 12.0 Å². The molecule has 1 atom stereocenters. The lowest BCUT2D eigenvalue weighted by Gasteiger charge is -2.04. The zero-order chi connectivity index (χ0) is 17.4. The number of anilines is 1. The molecule has 1 aliphatic heterocycles. The molecule has 2 aromatic carbocycles. The minimum atomic E-state index is -0.255. The number of hydrogen-bond acceptors (Lipinski definition) is 3. The molecule has 25 heavy (non-hydrogen) atoms. The van der Waals surface area contributed by atoms with Gasteiger partial charge in [-0.2, -0.15) is 4.57 Å². The highest BCUT2D eigenvalue weighted by Gasteiger charge is 2.40. The maximum Gasteiger partial charge on any atom is 0.359 e. The lowest BCUT2D eigenvalue weighted by Crippen LogP contribution is -2.44. The molecule has 1 aromatic heterocycles. The highest BCUT2D eigenvalue weighted by Crippen LogP contribution is 2.22. The molecule has 0 spiro atoms. The van der Waals surface area contributed by atoms with E-state index >= 15 is 0 Å². The van der Waals surface area contributed by atoms with Gasteiger partial charge < -0.3 is 0 Å². The van der Waals surface area contributed by atoms with Crippen LogP contribution in [0, 0.1) is 13.8 Å². The molecule has 1 aliphatic rings. The van der Waals surface area contributed by atoms with Gasteiger partial charge in [0.25, 0.3) is 0 Å².